The second kappa shape index (κ2) is 14.0. The van der Waals surface area contributed by atoms with E-state index in [1.54, 1.807) is 16.9 Å². The number of anilines is 1. The van der Waals surface area contributed by atoms with E-state index >= 15 is 0 Å². The van der Waals surface area contributed by atoms with Gasteiger partial charge in [0.15, 0.2) is 11.6 Å². The monoisotopic (exact) mass is 563 g/mol. The van der Waals surface area contributed by atoms with Crippen LogP contribution in [0, 0.1) is 11.8 Å². The number of carbonyl (C=O) groups excluding carboxylic acids is 2. The molecule has 3 aromatic rings. The van der Waals surface area contributed by atoms with Crippen LogP contribution in [0.2, 0.25) is 0 Å². The molecule has 1 aliphatic heterocycles. The minimum Gasteiger partial charge on any atom is -0.381 e. The molecule has 0 unspecified atom stereocenters. The van der Waals surface area contributed by atoms with E-state index in [-0.39, 0.29) is 35.7 Å². The Morgan fingerprint density at radius 2 is 1.85 bits per heavy atom. The molecule has 0 radical (unpaired) electrons. The summed E-state index contributed by atoms with van der Waals surface area (Å²) >= 11 is 0. The van der Waals surface area contributed by atoms with Gasteiger partial charge in [-0.15, -0.1) is 0 Å². The Bertz CT molecular complexity index is 1300. The van der Waals surface area contributed by atoms with Gasteiger partial charge in [-0.25, -0.2) is 14.5 Å². The maximum atomic E-state index is 12.9. The topological polar surface area (TPSA) is 132 Å². The van der Waals surface area contributed by atoms with Gasteiger partial charge in [-0.05, 0) is 56.2 Å². The van der Waals surface area contributed by atoms with Crippen LogP contribution in [0.1, 0.15) is 58.2 Å². The normalized spacial score (nSPS) is 20.0. The highest BCUT2D eigenvalue weighted by Crippen LogP contribution is 2.29. The lowest BCUT2D eigenvalue weighted by atomic mass is 9.79. The molecule has 41 heavy (non-hydrogen) atoms. The highest BCUT2D eigenvalue weighted by Gasteiger charge is 2.35. The molecule has 1 saturated carbocycles. The molecule has 2 amide bonds. The van der Waals surface area contributed by atoms with E-state index in [1.165, 1.54) is 0 Å². The molecule has 3 aromatic heterocycles. The maximum absolute atomic E-state index is 12.9. The standard InChI is InChI=1S/C30H41N7O4/c1-3-9-41-19-28-31-16-23(17-32-28)21-5-8-37-26(14-21)15-27(36-37)35-30(39)22-12-25(13-22)34-24(4-2)18-33-29(38)20-6-10-40-11-7-20/h5,8,14-17,20,22,24-25,34H,3-4,6-7,9-13,18-19H2,1-2H3,(H,33,38)(H,35,36,39)/t22?,24-,25?/m0/s1. The van der Waals surface area contributed by atoms with Gasteiger partial charge in [-0.1, -0.05) is 13.8 Å². The van der Waals surface area contributed by atoms with Crippen molar-refractivity contribution in [2.24, 2.45) is 11.8 Å². The fraction of sp³-hybridized carbons (Fsp3) is 0.567. The molecule has 1 saturated heterocycles. The Morgan fingerprint density at radius 3 is 2.59 bits per heavy atom. The quantitative estimate of drug-likeness (QED) is 0.270. The summed E-state index contributed by atoms with van der Waals surface area (Å²) in [5.74, 6) is 1.30. The number of nitrogens with one attached hydrogen (secondary N) is 3. The number of aromatic nitrogens is 4. The second-order valence-electron chi connectivity index (χ2n) is 11.0. The van der Waals surface area contributed by atoms with Gasteiger partial charge in [-0.3, -0.25) is 9.59 Å². The van der Waals surface area contributed by atoms with Crippen molar-refractivity contribution >= 4 is 23.1 Å². The van der Waals surface area contributed by atoms with Crippen LogP contribution in [0.5, 0.6) is 0 Å². The minimum absolute atomic E-state index is 0.0122. The van der Waals surface area contributed by atoms with Crippen LogP contribution in [-0.2, 0) is 25.7 Å². The Labute approximate surface area is 240 Å². The van der Waals surface area contributed by atoms with Crippen LogP contribution < -0.4 is 16.0 Å². The smallest absolute Gasteiger partial charge is 0.228 e. The zero-order valence-corrected chi connectivity index (χ0v) is 24.0. The molecule has 11 nitrogen and oxygen atoms in total. The summed E-state index contributed by atoms with van der Waals surface area (Å²) in [7, 11) is 0. The van der Waals surface area contributed by atoms with Gasteiger partial charge in [-0.2, -0.15) is 5.10 Å². The number of carbonyl (C=O) groups is 2. The van der Waals surface area contributed by atoms with Gasteiger partial charge < -0.3 is 25.4 Å². The lowest BCUT2D eigenvalue weighted by Gasteiger charge is -2.37. The Kier molecular flexibility index (Phi) is 9.92. The molecule has 1 aliphatic carbocycles. The van der Waals surface area contributed by atoms with E-state index < -0.39 is 0 Å². The van der Waals surface area contributed by atoms with Gasteiger partial charge in [0.1, 0.15) is 6.61 Å². The third-order valence-corrected chi connectivity index (χ3v) is 7.92. The van der Waals surface area contributed by atoms with Crippen LogP contribution >= 0.6 is 0 Å². The second-order valence-corrected chi connectivity index (χ2v) is 11.0. The predicted octanol–water partition coefficient (Wildman–Crippen LogP) is 3.35. The van der Waals surface area contributed by atoms with E-state index in [2.05, 4.69) is 44.9 Å². The van der Waals surface area contributed by atoms with Crippen molar-refractivity contribution in [3.05, 3.63) is 42.6 Å². The molecule has 3 N–H and O–H groups in total. The third-order valence-electron chi connectivity index (χ3n) is 7.92. The van der Waals surface area contributed by atoms with Crippen molar-refractivity contribution in [2.75, 3.05) is 31.7 Å². The van der Waals surface area contributed by atoms with E-state index in [0.29, 0.717) is 44.6 Å². The van der Waals surface area contributed by atoms with Crippen LogP contribution in [0.25, 0.3) is 16.6 Å². The zero-order valence-electron chi connectivity index (χ0n) is 24.0. The first-order chi connectivity index (χ1) is 20.0. The van der Waals surface area contributed by atoms with E-state index in [1.807, 2.05) is 24.4 Å². The molecule has 2 fully saturated rings. The fourth-order valence-corrected chi connectivity index (χ4v) is 5.30. The zero-order chi connectivity index (χ0) is 28.6. The minimum atomic E-state index is -0.0563. The lowest BCUT2D eigenvalue weighted by Crippen LogP contribution is -2.52. The Balaban J connectivity index is 1.08. The van der Waals surface area contributed by atoms with Gasteiger partial charge in [0.2, 0.25) is 11.8 Å². The van der Waals surface area contributed by atoms with Crippen molar-refractivity contribution in [1.82, 2.24) is 30.2 Å². The molecular formula is C30H41N7O4. The number of hydrogen-bond acceptors (Lipinski definition) is 8. The third kappa shape index (κ3) is 7.66. The number of ether oxygens (including phenoxy) is 2. The maximum Gasteiger partial charge on any atom is 0.228 e. The number of hydrogen-bond donors (Lipinski definition) is 3. The molecule has 0 spiro atoms. The molecule has 1 atom stereocenters. The summed E-state index contributed by atoms with van der Waals surface area (Å²) in [6, 6.07) is 6.29. The van der Waals surface area contributed by atoms with Crippen LogP contribution in [-0.4, -0.2) is 69.8 Å². The summed E-state index contributed by atoms with van der Waals surface area (Å²) in [5.41, 5.74) is 2.74. The first-order valence-corrected chi connectivity index (χ1v) is 14.8. The number of fused-ring (bicyclic) bond motifs is 1. The first kappa shape index (κ1) is 29.1. The van der Waals surface area contributed by atoms with Crippen LogP contribution in [0.15, 0.2) is 36.8 Å². The predicted molar refractivity (Wildman–Crippen MR) is 155 cm³/mol. The van der Waals surface area contributed by atoms with Crippen molar-refractivity contribution in [2.45, 2.75) is 71.1 Å². The number of nitrogens with zero attached hydrogens (tertiary/aromatic N) is 4. The van der Waals surface area contributed by atoms with E-state index in [0.717, 1.165) is 55.2 Å². The summed E-state index contributed by atoms with van der Waals surface area (Å²) in [6.07, 6.45) is 10.5. The summed E-state index contributed by atoms with van der Waals surface area (Å²) in [6.45, 7) is 7.21. The summed E-state index contributed by atoms with van der Waals surface area (Å²) in [4.78, 5) is 34.2. The van der Waals surface area contributed by atoms with Gasteiger partial charge in [0.25, 0.3) is 0 Å². The first-order valence-electron chi connectivity index (χ1n) is 14.8. The Hall–Kier alpha value is -3.41. The largest absolute Gasteiger partial charge is 0.381 e. The summed E-state index contributed by atoms with van der Waals surface area (Å²) < 4.78 is 12.6. The molecular weight excluding hydrogens is 522 g/mol. The highest BCUT2D eigenvalue weighted by atomic mass is 16.5. The van der Waals surface area contributed by atoms with E-state index in [4.69, 9.17) is 9.47 Å². The molecule has 11 heteroatoms. The van der Waals surface area contributed by atoms with Crippen LogP contribution in [0.4, 0.5) is 5.82 Å². The fourth-order valence-electron chi connectivity index (χ4n) is 5.30. The molecule has 5 rings (SSSR count). The van der Waals surface area contributed by atoms with Gasteiger partial charge >= 0.3 is 0 Å². The highest BCUT2D eigenvalue weighted by molar-refractivity contribution is 5.93. The average molecular weight is 564 g/mol. The Morgan fingerprint density at radius 1 is 1.07 bits per heavy atom. The SMILES string of the molecule is CCCOCc1ncc(-c2ccn3nc(NC(=O)C4CC(N[C@@H](CC)CNC(=O)C5CCOCC5)C4)cc3c2)cn1. The molecule has 4 heterocycles. The van der Waals surface area contributed by atoms with Crippen molar-refractivity contribution in [1.29, 1.82) is 0 Å². The lowest BCUT2D eigenvalue weighted by molar-refractivity contribution is -0.127. The van der Waals surface area contributed by atoms with Crippen molar-refractivity contribution in [3.63, 3.8) is 0 Å². The summed E-state index contributed by atoms with van der Waals surface area (Å²) in [5, 5.41) is 14.2. The van der Waals surface area contributed by atoms with Crippen LogP contribution in [0.3, 0.4) is 0 Å². The molecule has 0 aromatic carbocycles. The number of amides is 2. The number of rotatable bonds is 13. The molecule has 2 aliphatic rings. The average Bonchev–Trinajstić information content (AvgIpc) is 3.38. The molecule has 220 valence electrons. The van der Waals surface area contributed by atoms with Gasteiger partial charge in [0, 0.05) is 80.5 Å². The van der Waals surface area contributed by atoms with Gasteiger partial charge in [0.05, 0.1) is 5.52 Å². The van der Waals surface area contributed by atoms with E-state index in [9.17, 15) is 9.59 Å². The number of pyridine rings is 1. The van der Waals surface area contributed by atoms with Crippen molar-refractivity contribution in [3.8, 4) is 11.1 Å². The molecule has 0 bridgehead atoms. The van der Waals surface area contributed by atoms with Crippen molar-refractivity contribution < 1.29 is 19.1 Å².